The Kier molecular flexibility index (Phi) is 6.50. The summed E-state index contributed by atoms with van der Waals surface area (Å²) in [6, 6.07) is 10.8. The van der Waals surface area contributed by atoms with Crippen molar-refractivity contribution in [2.24, 2.45) is 0 Å². The molecular weight excluding hydrogens is 446 g/mol. The molecule has 0 aliphatic carbocycles. The van der Waals surface area contributed by atoms with Crippen molar-refractivity contribution in [3.8, 4) is 5.75 Å². The molecule has 2 aromatic carbocycles. The third-order valence-corrected chi connectivity index (χ3v) is 7.37. The zero-order valence-electron chi connectivity index (χ0n) is 18.2. The van der Waals surface area contributed by atoms with Crippen molar-refractivity contribution in [2.45, 2.75) is 17.9 Å². The number of benzene rings is 2. The van der Waals surface area contributed by atoms with Crippen LogP contribution in [0.5, 0.6) is 5.75 Å². The second-order valence-corrected chi connectivity index (χ2v) is 9.61. The smallest absolute Gasteiger partial charge is 0.268 e. The second-order valence-electron chi connectivity index (χ2n) is 7.68. The lowest BCUT2D eigenvalue weighted by atomic mass is 10.1. The number of sulfonamides is 1. The van der Waals surface area contributed by atoms with Gasteiger partial charge in [-0.15, -0.1) is 6.58 Å². The van der Waals surface area contributed by atoms with Crippen molar-refractivity contribution < 1.29 is 27.5 Å². The van der Waals surface area contributed by atoms with Gasteiger partial charge in [0.1, 0.15) is 5.75 Å². The summed E-state index contributed by atoms with van der Waals surface area (Å²) >= 11 is 0. The van der Waals surface area contributed by atoms with Crippen molar-refractivity contribution in [3.63, 3.8) is 0 Å². The first-order valence-corrected chi connectivity index (χ1v) is 12.0. The minimum absolute atomic E-state index is 0.129. The predicted molar refractivity (Wildman–Crippen MR) is 123 cm³/mol. The minimum atomic E-state index is -3.63. The molecule has 0 spiro atoms. The first-order chi connectivity index (χ1) is 15.8. The van der Waals surface area contributed by atoms with Gasteiger partial charge in [0.25, 0.3) is 11.8 Å². The number of nitrogens with zero attached hydrogens (tertiary/aromatic N) is 2. The lowest BCUT2D eigenvalue weighted by Gasteiger charge is -2.32. The van der Waals surface area contributed by atoms with Gasteiger partial charge in [-0.1, -0.05) is 6.08 Å². The molecule has 1 N–H and O–H groups in total. The Morgan fingerprint density at radius 1 is 1.18 bits per heavy atom. The predicted octanol–water partition coefficient (Wildman–Crippen LogP) is 2.26. The third kappa shape index (κ3) is 4.63. The first-order valence-electron chi connectivity index (χ1n) is 10.5. The standard InChI is InChI=1S/C23H25N3O6S/c1-3-10-26-20-9-6-18(15-21(20)32-16(2)23(26)28)24-22(27)17-4-7-19(8-5-17)33(29,30)25-11-13-31-14-12-25/h3-9,15-16H,1,10-14H2,2H3,(H,24,27). The average molecular weight is 472 g/mol. The monoisotopic (exact) mass is 471 g/mol. The molecule has 1 fully saturated rings. The van der Waals surface area contributed by atoms with Crippen LogP contribution in [0.4, 0.5) is 11.4 Å². The van der Waals surface area contributed by atoms with Gasteiger partial charge in [0.15, 0.2) is 6.10 Å². The summed E-state index contributed by atoms with van der Waals surface area (Å²) in [6.07, 6.45) is 0.988. The summed E-state index contributed by atoms with van der Waals surface area (Å²) in [7, 11) is -3.63. The third-order valence-electron chi connectivity index (χ3n) is 5.46. The Bertz CT molecular complexity index is 1170. The van der Waals surface area contributed by atoms with Gasteiger partial charge < -0.3 is 19.7 Å². The number of ether oxygens (including phenoxy) is 2. The second kappa shape index (κ2) is 9.34. The molecule has 2 amide bonds. The zero-order chi connectivity index (χ0) is 23.6. The van der Waals surface area contributed by atoms with E-state index in [4.69, 9.17) is 9.47 Å². The van der Waals surface area contributed by atoms with E-state index in [9.17, 15) is 18.0 Å². The van der Waals surface area contributed by atoms with Crippen LogP contribution in [0.25, 0.3) is 0 Å². The van der Waals surface area contributed by atoms with Crippen LogP contribution in [-0.2, 0) is 19.6 Å². The van der Waals surface area contributed by atoms with E-state index in [0.29, 0.717) is 55.5 Å². The van der Waals surface area contributed by atoms with Gasteiger partial charge in [-0.3, -0.25) is 9.59 Å². The fraction of sp³-hybridized carbons (Fsp3) is 0.304. The van der Waals surface area contributed by atoms with Crippen LogP contribution in [0.3, 0.4) is 0 Å². The summed E-state index contributed by atoms with van der Waals surface area (Å²) in [5, 5.41) is 2.78. The van der Waals surface area contributed by atoms with E-state index in [2.05, 4.69) is 11.9 Å². The number of hydrogen-bond acceptors (Lipinski definition) is 6. The average Bonchev–Trinajstić information content (AvgIpc) is 2.82. The molecule has 2 aliphatic rings. The highest BCUT2D eigenvalue weighted by atomic mass is 32.2. The quantitative estimate of drug-likeness (QED) is 0.648. The molecule has 2 heterocycles. The number of rotatable bonds is 6. The van der Waals surface area contributed by atoms with Crippen molar-refractivity contribution in [1.29, 1.82) is 0 Å². The molecule has 2 aliphatic heterocycles. The number of carbonyl (C=O) groups excluding carboxylic acids is 2. The molecule has 1 saturated heterocycles. The van der Waals surface area contributed by atoms with E-state index < -0.39 is 22.0 Å². The molecule has 0 saturated carbocycles. The summed E-state index contributed by atoms with van der Waals surface area (Å²) in [4.78, 5) is 26.8. The van der Waals surface area contributed by atoms with Crippen molar-refractivity contribution in [1.82, 2.24) is 4.31 Å². The largest absolute Gasteiger partial charge is 0.479 e. The molecule has 0 radical (unpaired) electrons. The van der Waals surface area contributed by atoms with Gasteiger partial charge in [0.05, 0.1) is 23.8 Å². The SMILES string of the molecule is C=CCN1C(=O)C(C)Oc2cc(NC(=O)c3ccc(S(=O)(=O)N4CCOCC4)cc3)ccc21. The van der Waals surface area contributed by atoms with Crippen LogP contribution in [0.1, 0.15) is 17.3 Å². The van der Waals surface area contributed by atoms with Crippen LogP contribution < -0.4 is 15.0 Å². The highest BCUT2D eigenvalue weighted by Crippen LogP contribution is 2.36. The Hall–Kier alpha value is -3.21. The molecule has 4 rings (SSSR count). The van der Waals surface area contributed by atoms with Gasteiger partial charge in [0.2, 0.25) is 10.0 Å². The van der Waals surface area contributed by atoms with Crippen molar-refractivity contribution >= 4 is 33.2 Å². The van der Waals surface area contributed by atoms with Gasteiger partial charge in [-0.05, 0) is 43.3 Å². The van der Waals surface area contributed by atoms with E-state index in [-0.39, 0.29) is 10.8 Å². The van der Waals surface area contributed by atoms with E-state index in [1.165, 1.54) is 28.6 Å². The summed E-state index contributed by atoms with van der Waals surface area (Å²) in [5.41, 5.74) is 1.41. The van der Waals surface area contributed by atoms with Crippen LogP contribution in [0.15, 0.2) is 60.0 Å². The van der Waals surface area contributed by atoms with Crippen LogP contribution >= 0.6 is 0 Å². The maximum absolute atomic E-state index is 12.7. The molecule has 9 nitrogen and oxygen atoms in total. The fourth-order valence-electron chi connectivity index (χ4n) is 3.72. The summed E-state index contributed by atoms with van der Waals surface area (Å²) in [5.74, 6) is -0.0758. The molecule has 1 atom stereocenters. The topological polar surface area (TPSA) is 105 Å². The first kappa shape index (κ1) is 23.0. The van der Waals surface area contributed by atoms with Crippen molar-refractivity contribution in [2.75, 3.05) is 43.1 Å². The molecule has 174 valence electrons. The number of hydrogen-bond donors (Lipinski definition) is 1. The van der Waals surface area contributed by atoms with E-state index in [0.717, 1.165) is 0 Å². The molecular formula is C23H25N3O6S. The van der Waals surface area contributed by atoms with Crippen LogP contribution in [-0.4, -0.2) is 63.5 Å². The molecule has 1 unspecified atom stereocenters. The van der Waals surface area contributed by atoms with Crippen LogP contribution in [0.2, 0.25) is 0 Å². The molecule has 0 bridgehead atoms. The number of nitrogens with one attached hydrogen (secondary N) is 1. The number of morpholine rings is 1. The van der Waals surface area contributed by atoms with E-state index in [1.54, 1.807) is 36.1 Å². The molecule has 0 aromatic heterocycles. The molecule has 10 heteroatoms. The van der Waals surface area contributed by atoms with Gasteiger partial charge in [-0.25, -0.2) is 8.42 Å². The number of anilines is 2. The maximum atomic E-state index is 12.7. The van der Waals surface area contributed by atoms with E-state index in [1.807, 2.05) is 0 Å². The Morgan fingerprint density at radius 2 is 1.88 bits per heavy atom. The Morgan fingerprint density at radius 3 is 2.55 bits per heavy atom. The summed E-state index contributed by atoms with van der Waals surface area (Å²) in [6.45, 7) is 7.04. The summed E-state index contributed by atoms with van der Waals surface area (Å²) < 4.78 is 37.8. The van der Waals surface area contributed by atoms with Gasteiger partial charge >= 0.3 is 0 Å². The Labute approximate surface area is 192 Å². The van der Waals surface area contributed by atoms with E-state index >= 15 is 0 Å². The number of amides is 2. The number of fused-ring (bicyclic) bond motifs is 1. The molecule has 33 heavy (non-hydrogen) atoms. The van der Waals surface area contributed by atoms with Crippen molar-refractivity contribution in [3.05, 3.63) is 60.7 Å². The normalized spacial score (nSPS) is 18.9. The minimum Gasteiger partial charge on any atom is -0.479 e. The fourth-order valence-corrected chi connectivity index (χ4v) is 5.13. The maximum Gasteiger partial charge on any atom is 0.268 e. The molecule has 2 aromatic rings. The zero-order valence-corrected chi connectivity index (χ0v) is 19.0. The highest BCUT2D eigenvalue weighted by molar-refractivity contribution is 7.89. The van der Waals surface area contributed by atoms with Gasteiger partial charge in [0, 0.05) is 37.0 Å². The van der Waals surface area contributed by atoms with Gasteiger partial charge in [-0.2, -0.15) is 4.31 Å². The Balaban J connectivity index is 1.49. The highest BCUT2D eigenvalue weighted by Gasteiger charge is 2.31. The lowest BCUT2D eigenvalue weighted by Crippen LogP contribution is -2.44. The lowest BCUT2D eigenvalue weighted by molar-refractivity contribution is -0.125. The van der Waals surface area contributed by atoms with Crippen LogP contribution in [0, 0.1) is 0 Å². The number of carbonyl (C=O) groups is 2.